The maximum atomic E-state index is 5.94. The van der Waals surface area contributed by atoms with Crippen molar-refractivity contribution in [2.45, 2.75) is 70.8 Å². The van der Waals surface area contributed by atoms with Gasteiger partial charge in [-0.05, 0) is 12.8 Å². The van der Waals surface area contributed by atoms with E-state index in [1.807, 2.05) is 0 Å². The van der Waals surface area contributed by atoms with Gasteiger partial charge in [0.2, 0.25) is 0 Å². The minimum atomic E-state index is 0.348. The minimum absolute atomic E-state index is 0.348. The Morgan fingerprint density at radius 1 is 0.933 bits per heavy atom. The summed E-state index contributed by atoms with van der Waals surface area (Å²) in [5.74, 6) is 0. The highest BCUT2D eigenvalue weighted by atomic mass is 16.5. The van der Waals surface area contributed by atoms with Gasteiger partial charge in [-0.25, -0.2) is 0 Å². The van der Waals surface area contributed by atoms with E-state index in [0.717, 1.165) is 19.4 Å². The Labute approximate surface area is 95.6 Å². The van der Waals surface area contributed by atoms with E-state index in [4.69, 9.17) is 10.5 Å². The zero-order valence-corrected chi connectivity index (χ0v) is 10.6. The van der Waals surface area contributed by atoms with Crippen molar-refractivity contribution in [2.24, 2.45) is 5.73 Å². The summed E-state index contributed by atoms with van der Waals surface area (Å²) >= 11 is 0. The number of hydrogen-bond acceptors (Lipinski definition) is 2. The largest absolute Gasteiger partial charge is 0.385 e. The highest BCUT2D eigenvalue weighted by Crippen LogP contribution is 2.10. The smallest absolute Gasteiger partial charge is 0.0477 e. The van der Waals surface area contributed by atoms with Gasteiger partial charge in [0.15, 0.2) is 0 Å². The number of nitrogens with two attached hydrogens (primary N) is 1. The van der Waals surface area contributed by atoms with Crippen molar-refractivity contribution in [2.75, 3.05) is 13.7 Å². The number of hydrogen-bond donors (Lipinski definition) is 1. The molecule has 2 N–H and O–H groups in total. The van der Waals surface area contributed by atoms with Crippen molar-refractivity contribution in [3.63, 3.8) is 0 Å². The van der Waals surface area contributed by atoms with Crippen LogP contribution in [0.5, 0.6) is 0 Å². The molecule has 0 aliphatic rings. The van der Waals surface area contributed by atoms with E-state index in [2.05, 4.69) is 6.92 Å². The molecule has 0 bridgehead atoms. The Morgan fingerprint density at radius 2 is 1.53 bits per heavy atom. The molecule has 0 heterocycles. The van der Waals surface area contributed by atoms with Crippen molar-refractivity contribution in [1.82, 2.24) is 0 Å². The van der Waals surface area contributed by atoms with E-state index in [1.54, 1.807) is 7.11 Å². The molecule has 15 heavy (non-hydrogen) atoms. The quantitative estimate of drug-likeness (QED) is 0.535. The zero-order valence-electron chi connectivity index (χ0n) is 10.6. The average Bonchev–Trinajstić information content (AvgIpc) is 2.25. The second-order valence-electron chi connectivity index (χ2n) is 4.45. The SMILES string of the molecule is CCCCCCCCC[C@H](N)CCOC. The predicted octanol–water partition coefficient (Wildman–Crippen LogP) is 3.49. The van der Waals surface area contributed by atoms with Gasteiger partial charge in [-0.3, -0.25) is 0 Å². The second kappa shape index (κ2) is 12.0. The van der Waals surface area contributed by atoms with E-state index in [1.165, 1.54) is 44.9 Å². The van der Waals surface area contributed by atoms with E-state index in [9.17, 15) is 0 Å². The molecular formula is C13H29NO. The molecule has 0 fully saturated rings. The fraction of sp³-hybridized carbons (Fsp3) is 1.00. The number of rotatable bonds is 11. The topological polar surface area (TPSA) is 35.2 Å². The monoisotopic (exact) mass is 215 g/mol. The summed E-state index contributed by atoms with van der Waals surface area (Å²) < 4.78 is 5.00. The highest BCUT2D eigenvalue weighted by Gasteiger charge is 2.01. The fourth-order valence-corrected chi connectivity index (χ4v) is 1.78. The average molecular weight is 215 g/mol. The molecule has 0 aromatic rings. The van der Waals surface area contributed by atoms with E-state index in [-0.39, 0.29) is 0 Å². The summed E-state index contributed by atoms with van der Waals surface area (Å²) in [6.45, 7) is 3.06. The first-order chi connectivity index (χ1) is 7.31. The molecule has 0 amide bonds. The van der Waals surface area contributed by atoms with Gasteiger partial charge < -0.3 is 10.5 Å². The Kier molecular flexibility index (Phi) is 11.9. The summed E-state index contributed by atoms with van der Waals surface area (Å²) in [5, 5.41) is 0. The minimum Gasteiger partial charge on any atom is -0.385 e. The lowest BCUT2D eigenvalue weighted by Crippen LogP contribution is -2.21. The van der Waals surface area contributed by atoms with Gasteiger partial charge in [0.1, 0.15) is 0 Å². The summed E-state index contributed by atoms with van der Waals surface area (Å²) in [6.07, 6.45) is 11.7. The third-order valence-electron chi connectivity index (χ3n) is 2.87. The van der Waals surface area contributed by atoms with Crippen LogP contribution in [0, 0.1) is 0 Å². The normalized spacial score (nSPS) is 13.0. The molecular weight excluding hydrogens is 186 g/mol. The first-order valence-corrected chi connectivity index (χ1v) is 6.55. The van der Waals surface area contributed by atoms with Crippen LogP contribution >= 0.6 is 0 Å². The molecule has 0 aromatic carbocycles. The van der Waals surface area contributed by atoms with E-state index < -0.39 is 0 Å². The van der Waals surface area contributed by atoms with Crippen LogP contribution in [0.15, 0.2) is 0 Å². The third kappa shape index (κ3) is 11.8. The van der Waals surface area contributed by atoms with Crippen molar-refractivity contribution < 1.29 is 4.74 Å². The van der Waals surface area contributed by atoms with Gasteiger partial charge in [0.25, 0.3) is 0 Å². The summed E-state index contributed by atoms with van der Waals surface area (Å²) in [4.78, 5) is 0. The van der Waals surface area contributed by atoms with Crippen molar-refractivity contribution in [3.05, 3.63) is 0 Å². The second-order valence-corrected chi connectivity index (χ2v) is 4.45. The lowest BCUT2D eigenvalue weighted by molar-refractivity contribution is 0.186. The molecule has 0 aromatic heterocycles. The summed E-state index contributed by atoms with van der Waals surface area (Å²) in [7, 11) is 1.74. The van der Waals surface area contributed by atoms with Crippen LogP contribution in [-0.2, 0) is 4.74 Å². The van der Waals surface area contributed by atoms with Gasteiger partial charge in [-0.15, -0.1) is 0 Å². The third-order valence-corrected chi connectivity index (χ3v) is 2.87. The molecule has 0 aliphatic carbocycles. The summed E-state index contributed by atoms with van der Waals surface area (Å²) in [5.41, 5.74) is 5.94. The van der Waals surface area contributed by atoms with E-state index >= 15 is 0 Å². The Bertz CT molecular complexity index is 117. The summed E-state index contributed by atoms with van der Waals surface area (Å²) in [6, 6.07) is 0.348. The molecule has 2 nitrogen and oxygen atoms in total. The highest BCUT2D eigenvalue weighted by molar-refractivity contribution is 4.60. The first-order valence-electron chi connectivity index (χ1n) is 6.55. The zero-order chi connectivity index (χ0) is 11.4. The molecule has 2 heteroatoms. The van der Waals surface area contributed by atoms with Gasteiger partial charge in [-0.1, -0.05) is 51.9 Å². The fourth-order valence-electron chi connectivity index (χ4n) is 1.78. The number of methoxy groups -OCH3 is 1. The van der Waals surface area contributed by atoms with E-state index in [0.29, 0.717) is 6.04 Å². The van der Waals surface area contributed by atoms with Crippen LogP contribution in [0.1, 0.15) is 64.7 Å². The van der Waals surface area contributed by atoms with Crippen molar-refractivity contribution >= 4 is 0 Å². The van der Waals surface area contributed by atoms with Crippen LogP contribution in [0.2, 0.25) is 0 Å². The lowest BCUT2D eigenvalue weighted by atomic mass is 10.0. The Balaban J connectivity index is 3.02. The first kappa shape index (κ1) is 14.9. The van der Waals surface area contributed by atoms with Crippen LogP contribution < -0.4 is 5.73 Å². The van der Waals surface area contributed by atoms with Crippen LogP contribution in [-0.4, -0.2) is 19.8 Å². The van der Waals surface area contributed by atoms with Crippen LogP contribution in [0.25, 0.3) is 0 Å². The molecule has 0 saturated heterocycles. The lowest BCUT2D eigenvalue weighted by Gasteiger charge is -2.10. The standard InChI is InChI=1S/C13H29NO/c1-3-4-5-6-7-8-9-10-13(14)11-12-15-2/h13H,3-12,14H2,1-2H3/t13-/m0/s1. The van der Waals surface area contributed by atoms with Crippen LogP contribution in [0.4, 0.5) is 0 Å². The molecule has 1 atom stereocenters. The van der Waals surface area contributed by atoms with Crippen molar-refractivity contribution in [3.8, 4) is 0 Å². The predicted molar refractivity (Wildman–Crippen MR) is 67.1 cm³/mol. The van der Waals surface area contributed by atoms with Gasteiger partial charge in [0, 0.05) is 19.8 Å². The molecule has 0 spiro atoms. The molecule has 92 valence electrons. The molecule has 0 unspecified atom stereocenters. The number of unbranched alkanes of at least 4 members (excludes halogenated alkanes) is 6. The molecule has 0 saturated carbocycles. The Hall–Kier alpha value is -0.0800. The van der Waals surface area contributed by atoms with Crippen molar-refractivity contribution in [1.29, 1.82) is 0 Å². The maximum Gasteiger partial charge on any atom is 0.0477 e. The molecule has 0 radical (unpaired) electrons. The van der Waals surface area contributed by atoms with Gasteiger partial charge in [-0.2, -0.15) is 0 Å². The van der Waals surface area contributed by atoms with Gasteiger partial charge >= 0.3 is 0 Å². The number of ether oxygens (including phenoxy) is 1. The Morgan fingerprint density at radius 3 is 2.13 bits per heavy atom. The van der Waals surface area contributed by atoms with Crippen LogP contribution in [0.3, 0.4) is 0 Å². The maximum absolute atomic E-state index is 5.94. The molecule has 0 rings (SSSR count). The molecule has 0 aliphatic heterocycles. The van der Waals surface area contributed by atoms with Gasteiger partial charge in [0.05, 0.1) is 0 Å².